The molecule has 0 saturated heterocycles. The predicted octanol–water partition coefficient (Wildman–Crippen LogP) is 0.393. The molecule has 0 fully saturated rings. The maximum absolute atomic E-state index is 10.1. The molecular formula is C5H7NO3. The average Bonchev–Trinajstić information content (AvgIpc) is 1.63. The largest absolute Gasteiger partial charge is 0.425 e. The zero-order valence-electron chi connectivity index (χ0n) is 5.25. The summed E-state index contributed by atoms with van der Waals surface area (Å²) in [5, 5.41) is 7.89. The second-order valence-corrected chi connectivity index (χ2v) is 1.39. The molecule has 0 aromatic carbocycles. The van der Waals surface area contributed by atoms with Gasteiger partial charge in [-0.1, -0.05) is 0 Å². The van der Waals surface area contributed by atoms with Crippen LogP contribution in [0.2, 0.25) is 0 Å². The Morgan fingerprint density at radius 3 is 2.67 bits per heavy atom. The van der Waals surface area contributed by atoms with Gasteiger partial charge in [0.05, 0.1) is 0 Å². The van der Waals surface area contributed by atoms with Gasteiger partial charge in [-0.25, -0.2) is 0 Å². The zero-order chi connectivity index (χ0) is 7.28. The summed E-state index contributed by atoms with van der Waals surface area (Å²) in [6, 6.07) is 0. The zero-order valence-corrected chi connectivity index (χ0v) is 5.25. The number of ether oxygens (including phenoxy) is 2. The molecule has 4 nitrogen and oxygen atoms in total. The molecule has 1 unspecified atom stereocenters. The molecule has 0 radical (unpaired) electrons. The Bertz CT molecular complexity index is 138. The smallest absolute Gasteiger partial charge is 0.305 e. The molecule has 0 aliphatic rings. The van der Waals surface area contributed by atoms with E-state index in [-0.39, 0.29) is 0 Å². The van der Waals surface area contributed by atoms with Crippen molar-refractivity contribution in [2.45, 2.75) is 20.1 Å². The highest BCUT2D eigenvalue weighted by molar-refractivity contribution is 5.65. The summed E-state index contributed by atoms with van der Waals surface area (Å²) in [5.74, 6) is -0.460. The molecular weight excluding hydrogens is 122 g/mol. The highest BCUT2D eigenvalue weighted by atomic mass is 16.7. The molecule has 0 amide bonds. The Morgan fingerprint density at radius 2 is 2.33 bits per heavy atom. The Morgan fingerprint density at radius 1 is 1.78 bits per heavy atom. The third-order valence-corrected chi connectivity index (χ3v) is 0.551. The van der Waals surface area contributed by atoms with Crippen molar-refractivity contribution in [1.82, 2.24) is 0 Å². The van der Waals surface area contributed by atoms with Crippen molar-refractivity contribution in [1.29, 1.82) is 5.26 Å². The van der Waals surface area contributed by atoms with Crippen molar-refractivity contribution in [3.63, 3.8) is 0 Å². The lowest BCUT2D eigenvalue weighted by molar-refractivity contribution is -0.161. The van der Waals surface area contributed by atoms with Crippen LogP contribution in [0.25, 0.3) is 0 Å². The Labute approximate surface area is 53.0 Å². The first kappa shape index (κ1) is 7.76. The van der Waals surface area contributed by atoms with Gasteiger partial charge in [0, 0.05) is 13.8 Å². The van der Waals surface area contributed by atoms with E-state index in [0.717, 1.165) is 0 Å². The summed E-state index contributed by atoms with van der Waals surface area (Å²) >= 11 is 0. The summed E-state index contributed by atoms with van der Waals surface area (Å²) in [6.45, 7) is 2.71. The van der Waals surface area contributed by atoms with Gasteiger partial charge in [-0.05, 0) is 0 Å². The molecule has 0 heterocycles. The Balaban J connectivity index is 3.40. The van der Waals surface area contributed by atoms with E-state index in [0.29, 0.717) is 0 Å². The van der Waals surface area contributed by atoms with E-state index < -0.39 is 12.3 Å². The van der Waals surface area contributed by atoms with Gasteiger partial charge < -0.3 is 9.47 Å². The lowest BCUT2D eigenvalue weighted by atomic mass is 10.7. The number of carbonyl (C=O) groups is 1. The summed E-state index contributed by atoms with van der Waals surface area (Å²) in [7, 11) is 0. The van der Waals surface area contributed by atoms with E-state index in [1.54, 1.807) is 0 Å². The molecule has 0 aliphatic heterocycles. The summed E-state index contributed by atoms with van der Waals surface area (Å²) < 4.78 is 8.62. The summed E-state index contributed by atoms with van der Waals surface area (Å²) in [5.41, 5.74) is 0. The van der Waals surface area contributed by atoms with Crippen molar-refractivity contribution >= 4 is 5.97 Å². The van der Waals surface area contributed by atoms with E-state index in [4.69, 9.17) is 5.26 Å². The van der Waals surface area contributed by atoms with Crippen LogP contribution in [0.4, 0.5) is 0 Å². The van der Waals surface area contributed by atoms with Crippen LogP contribution in [0.1, 0.15) is 13.8 Å². The third-order valence-electron chi connectivity index (χ3n) is 0.551. The van der Waals surface area contributed by atoms with Crippen molar-refractivity contribution in [3.05, 3.63) is 0 Å². The van der Waals surface area contributed by atoms with Gasteiger partial charge in [0.25, 0.3) is 12.5 Å². The maximum Gasteiger partial charge on any atom is 0.305 e. The molecule has 50 valence electrons. The normalized spacial score (nSPS) is 11.2. The first-order valence-electron chi connectivity index (χ1n) is 2.38. The van der Waals surface area contributed by atoms with E-state index >= 15 is 0 Å². The van der Waals surface area contributed by atoms with Crippen LogP contribution in [-0.4, -0.2) is 12.3 Å². The third kappa shape index (κ3) is 4.62. The quantitative estimate of drug-likeness (QED) is 0.307. The van der Waals surface area contributed by atoms with Crippen LogP contribution >= 0.6 is 0 Å². The van der Waals surface area contributed by atoms with Gasteiger partial charge in [-0.3, -0.25) is 4.79 Å². The van der Waals surface area contributed by atoms with Crippen LogP contribution in [-0.2, 0) is 14.3 Å². The minimum absolute atomic E-state index is 0.460. The molecule has 0 N–H and O–H groups in total. The minimum Gasteiger partial charge on any atom is -0.425 e. The second-order valence-electron chi connectivity index (χ2n) is 1.39. The van der Waals surface area contributed by atoms with E-state index in [2.05, 4.69) is 9.47 Å². The van der Waals surface area contributed by atoms with E-state index in [1.165, 1.54) is 20.1 Å². The van der Waals surface area contributed by atoms with Gasteiger partial charge in [-0.15, -0.1) is 0 Å². The van der Waals surface area contributed by atoms with Gasteiger partial charge in [0.15, 0.2) is 0 Å². The second kappa shape index (κ2) is 3.72. The van der Waals surface area contributed by atoms with Crippen LogP contribution in [0, 0.1) is 11.5 Å². The number of hydrogen-bond donors (Lipinski definition) is 0. The van der Waals surface area contributed by atoms with Crippen molar-refractivity contribution in [2.75, 3.05) is 0 Å². The van der Waals surface area contributed by atoms with Crippen molar-refractivity contribution in [3.8, 4) is 6.26 Å². The summed E-state index contributed by atoms with van der Waals surface area (Å²) in [6.07, 6.45) is 0.625. The fraction of sp³-hybridized carbons (Fsp3) is 0.600. The molecule has 0 saturated carbocycles. The van der Waals surface area contributed by atoms with Gasteiger partial charge >= 0.3 is 5.97 Å². The van der Waals surface area contributed by atoms with Crippen molar-refractivity contribution in [2.24, 2.45) is 0 Å². The molecule has 0 rings (SSSR count). The molecule has 0 aromatic rings. The molecule has 1 atom stereocenters. The SMILES string of the molecule is CC(=O)OC(C)OC#N. The van der Waals surface area contributed by atoms with Crippen LogP contribution < -0.4 is 0 Å². The van der Waals surface area contributed by atoms with Gasteiger partial charge in [-0.2, -0.15) is 5.26 Å². The number of carbonyl (C=O) groups excluding carboxylic acids is 1. The molecule has 0 spiro atoms. The maximum atomic E-state index is 10.1. The van der Waals surface area contributed by atoms with E-state index in [9.17, 15) is 4.79 Å². The topological polar surface area (TPSA) is 59.3 Å². The van der Waals surface area contributed by atoms with Crippen molar-refractivity contribution < 1.29 is 14.3 Å². The molecule has 9 heavy (non-hydrogen) atoms. The van der Waals surface area contributed by atoms with Gasteiger partial charge in [0.1, 0.15) is 0 Å². The number of hydrogen-bond acceptors (Lipinski definition) is 4. The number of nitrogens with zero attached hydrogens (tertiary/aromatic N) is 1. The summed E-state index contributed by atoms with van der Waals surface area (Å²) in [4.78, 5) is 10.1. The highest BCUT2D eigenvalue weighted by Gasteiger charge is 2.02. The number of rotatable bonds is 2. The van der Waals surface area contributed by atoms with Crippen LogP contribution in [0.5, 0.6) is 0 Å². The fourth-order valence-corrected chi connectivity index (χ4v) is 0.332. The van der Waals surface area contributed by atoms with Gasteiger partial charge in [0.2, 0.25) is 0 Å². The fourth-order valence-electron chi connectivity index (χ4n) is 0.332. The molecule has 4 heteroatoms. The van der Waals surface area contributed by atoms with Crippen LogP contribution in [0.15, 0.2) is 0 Å². The number of nitriles is 1. The lowest BCUT2D eigenvalue weighted by Gasteiger charge is -2.05. The van der Waals surface area contributed by atoms with E-state index in [1.807, 2.05) is 0 Å². The molecule has 0 aliphatic carbocycles. The standard InChI is InChI=1S/C5H7NO3/c1-4(7)9-5(2)8-3-6/h5H,1-2H3. The Hall–Kier alpha value is -1.24. The monoisotopic (exact) mass is 129 g/mol. The molecule has 0 aromatic heterocycles. The average molecular weight is 129 g/mol. The first-order valence-corrected chi connectivity index (χ1v) is 2.38. The predicted molar refractivity (Wildman–Crippen MR) is 27.9 cm³/mol. The first-order chi connectivity index (χ1) is 4.16. The molecule has 0 bridgehead atoms. The number of esters is 1. The minimum atomic E-state index is -0.771. The lowest BCUT2D eigenvalue weighted by Crippen LogP contribution is -2.13. The highest BCUT2D eigenvalue weighted by Crippen LogP contribution is 1.90. The van der Waals surface area contributed by atoms with Crippen LogP contribution in [0.3, 0.4) is 0 Å². The Kier molecular flexibility index (Phi) is 3.21.